The summed E-state index contributed by atoms with van der Waals surface area (Å²) in [6.07, 6.45) is 16.6. The fourth-order valence-corrected chi connectivity index (χ4v) is 2.80. The first-order valence-corrected chi connectivity index (χ1v) is 10.8. The second-order valence-corrected chi connectivity index (χ2v) is 6.99. The Kier molecular flexibility index (Phi) is 23.5. The predicted octanol–water partition coefficient (Wildman–Crippen LogP) is 5.40. The van der Waals surface area contributed by atoms with Crippen LogP contribution in [0.5, 0.6) is 0 Å². The Balaban J connectivity index is 0. The number of aliphatic carboxylic acids is 1. The quantitative estimate of drug-likeness (QED) is 0.288. The number of carbonyl (C=O) groups excluding carboxylic acids is 1. The summed E-state index contributed by atoms with van der Waals surface area (Å²) in [7, 11) is 0. The average molecular weight is 390 g/mol. The Bertz CT molecular complexity index is 337. The molecule has 0 rings (SSSR count). The van der Waals surface area contributed by atoms with Crippen LogP contribution in [0.4, 0.5) is 4.79 Å². The van der Waals surface area contributed by atoms with Crippen molar-refractivity contribution in [3.05, 3.63) is 0 Å². The number of aliphatic hydroxyl groups is 1. The van der Waals surface area contributed by atoms with E-state index in [1.807, 2.05) is 0 Å². The van der Waals surface area contributed by atoms with Crippen molar-refractivity contribution in [2.24, 2.45) is 5.73 Å². The van der Waals surface area contributed by atoms with Gasteiger partial charge in [-0.25, -0.2) is 9.59 Å². The van der Waals surface area contributed by atoms with E-state index in [0.717, 1.165) is 12.8 Å². The topological polar surface area (TPSA) is 110 Å². The van der Waals surface area contributed by atoms with Crippen LogP contribution in [-0.4, -0.2) is 35.0 Å². The molecule has 0 aromatic carbocycles. The minimum absolute atomic E-state index is 0.356. The summed E-state index contributed by atoms with van der Waals surface area (Å²) in [6.45, 7) is 4.31. The van der Waals surface area contributed by atoms with E-state index in [1.54, 1.807) is 6.92 Å². The van der Waals surface area contributed by atoms with Crippen molar-refractivity contribution in [2.75, 3.05) is 6.61 Å². The van der Waals surface area contributed by atoms with E-state index in [0.29, 0.717) is 13.0 Å². The van der Waals surface area contributed by atoms with Crippen LogP contribution in [0, 0.1) is 0 Å². The summed E-state index contributed by atoms with van der Waals surface area (Å²) in [5.74, 6) is -1.09. The van der Waals surface area contributed by atoms with Gasteiger partial charge in [0.05, 0.1) is 6.61 Å². The monoisotopic (exact) mass is 389 g/mol. The summed E-state index contributed by atoms with van der Waals surface area (Å²) >= 11 is 0. The Hall–Kier alpha value is -1.30. The molecular weight excluding hydrogens is 346 g/mol. The molecule has 162 valence electrons. The lowest BCUT2D eigenvalue weighted by Gasteiger charge is -2.05. The summed E-state index contributed by atoms with van der Waals surface area (Å²) in [4.78, 5) is 20.0. The molecule has 0 saturated heterocycles. The van der Waals surface area contributed by atoms with E-state index in [2.05, 4.69) is 17.4 Å². The second kappa shape index (κ2) is 22.7. The van der Waals surface area contributed by atoms with Crippen LogP contribution in [0.15, 0.2) is 0 Å². The highest BCUT2D eigenvalue weighted by molar-refractivity contribution is 5.71. The number of nitrogens with two attached hydrogens (primary N) is 1. The SMILES string of the molecule is CCCCCCCCCCCCCCCCC(O)C(=O)O.CCOC(N)=O. The second-order valence-electron chi connectivity index (χ2n) is 6.99. The molecule has 0 aliphatic rings. The summed E-state index contributed by atoms with van der Waals surface area (Å²) < 4.78 is 4.18. The van der Waals surface area contributed by atoms with Crippen molar-refractivity contribution >= 4 is 12.1 Å². The van der Waals surface area contributed by atoms with Gasteiger partial charge in [-0.2, -0.15) is 0 Å². The van der Waals surface area contributed by atoms with Crippen LogP contribution in [0.1, 0.15) is 110 Å². The maximum atomic E-state index is 10.4. The number of ether oxygens (including phenoxy) is 1. The van der Waals surface area contributed by atoms with Gasteiger partial charge in [0.25, 0.3) is 0 Å². The number of carboxylic acids is 1. The molecular formula is C21H43NO5. The molecule has 0 heterocycles. The highest BCUT2D eigenvalue weighted by Gasteiger charge is 2.11. The van der Waals surface area contributed by atoms with E-state index in [-0.39, 0.29) is 0 Å². The van der Waals surface area contributed by atoms with Crippen LogP contribution >= 0.6 is 0 Å². The van der Waals surface area contributed by atoms with Crippen molar-refractivity contribution in [1.82, 2.24) is 0 Å². The van der Waals surface area contributed by atoms with Gasteiger partial charge in [0.1, 0.15) is 0 Å². The molecule has 0 radical (unpaired) electrons. The number of carboxylic acid groups (broad SMARTS) is 1. The largest absolute Gasteiger partial charge is 0.479 e. The highest BCUT2D eigenvalue weighted by atomic mass is 16.5. The fraction of sp³-hybridized carbons (Fsp3) is 0.905. The van der Waals surface area contributed by atoms with Gasteiger partial charge >= 0.3 is 12.1 Å². The first-order valence-electron chi connectivity index (χ1n) is 10.8. The lowest BCUT2D eigenvalue weighted by atomic mass is 10.0. The number of rotatable bonds is 17. The number of hydrogen-bond acceptors (Lipinski definition) is 4. The smallest absolute Gasteiger partial charge is 0.404 e. The van der Waals surface area contributed by atoms with E-state index >= 15 is 0 Å². The van der Waals surface area contributed by atoms with Crippen LogP contribution in [0.25, 0.3) is 0 Å². The first-order chi connectivity index (χ1) is 13.0. The minimum Gasteiger partial charge on any atom is -0.479 e. The molecule has 6 heteroatoms. The van der Waals surface area contributed by atoms with Gasteiger partial charge < -0.3 is 20.7 Å². The van der Waals surface area contributed by atoms with Gasteiger partial charge in [-0.15, -0.1) is 0 Å². The third kappa shape index (κ3) is 27.0. The van der Waals surface area contributed by atoms with Gasteiger partial charge in [0, 0.05) is 0 Å². The number of aliphatic hydroxyl groups excluding tert-OH is 1. The zero-order valence-corrected chi connectivity index (χ0v) is 17.6. The summed E-state index contributed by atoms with van der Waals surface area (Å²) in [6, 6.07) is 0. The van der Waals surface area contributed by atoms with E-state index in [9.17, 15) is 9.59 Å². The van der Waals surface area contributed by atoms with Crippen molar-refractivity contribution < 1.29 is 24.5 Å². The fourth-order valence-electron chi connectivity index (χ4n) is 2.80. The first kappa shape index (κ1) is 27.9. The molecule has 0 saturated carbocycles. The number of unbranched alkanes of at least 4 members (excludes halogenated alkanes) is 13. The third-order valence-corrected chi connectivity index (χ3v) is 4.40. The Morgan fingerprint density at radius 1 is 0.778 bits per heavy atom. The van der Waals surface area contributed by atoms with Crippen LogP contribution in [0.2, 0.25) is 0 Å². The van der Waals surface area contributed by atoms with Crippen molar-refractivity contribution in [2.45, 2.75) is 116 Å². The zero-order chi connectivity index (χ0) is 20.8. The zero-order valence-electron chi connectivity index (χ0n) is 17.6. The lowest BCUT2D eigenvalue weighted by molar-refractivity contribution is -0.146. The molecule has 0 spiro atoms. The third-order valence-electron chi connectivity index (χ3n) is 4.40. The molecule has 4 N–H and O–H groups in total. The molecule has 1 unspecified atom stereocenters. The Morgan fingerprint density at radius 2 is 1.15 bits per heavy atom. The van der Waals surface area contributed by atoms with Crippen LogP contribution in [-0.2, 0) is 9.53 Å². The van der Waals surface area contributed by atoms with Crippen LogP contribution < -0.4 is 5.73 Å². The Labute approximate surface area is 165 Å². The van der Waals surface area contributed by atoms with Crippen molar-refractivity contribution in [1.29, 1.82) is 0 Å². The average Bonchev–Trinajstić information content (AvgIpc) is 2.62. The molecule has 1 amide bonds. The van der Waals surface area contributed by atoms with Crippen molar-refractivity contribution in [3.8, 4) is 0 Å². The molecule has 0 aromatic heterocycles. The van der Waals surface area contributed by atoms with Gasteiger partial charge in [-0.05, 0) is 13.3 Å². The minimum atomic E-state index is -1.16. The van der Waals surface area contributed by atoms with Gasteiger partial charge in [0.2, 0.25) is 0 Å². The number of hydrogen-bond donors (Lipinski definition) is 3. The standard InChI is InChI=1S/C18H36O3.C3H7NO2/c1-2-3-4-5-6-7-8-9-10-11-12-13-14-15-16-17(19)18(20)21;1-2-6-3(4)5/h17,19H,2-16H2,1H3,(H,20,21);2H2,1H3,(H2,4,5). The molecule has 0 aliphatic heterocycles. The Morgan fingerprint density at radius 3 is 1.41 bits per heavy atom. The van der Waals surface area contributed by atoms with Gasteiger partial charge in [-0.1, -0.05) is 96.8 Å². The molecule has 27 heavy (non-hydrogen) atoms. The molecule has 0 aliphatic carbocycles. The molecule has 0 bridgehead atoms. The molecule has 1 atom stereocenters. The maximum Gasteiger partial charge on any atom is 0.404 e. The van der Waals surface area contributed by atoms with Gasteiger partial charge in [-0.3, -0.25) is 0 Å². The normalized spacial score (nSPS) is 11.4. The lowest BCUT2D eigenvalue weighted by Crippen LogP contribution is -2.18. The number of primary amides is 1. The van der Waals surface area contributed by atoms with Gasteiger partial charge in [0.15, 0.2) is 6.10 Å². The van der Waals surface area contributed by atoms with E-state index in [4.69, 9.17) is 10.2 Å². The summed E-state index contributed by atoms with van der Waals surface area (Å²) in [5.41, 5.74) is 4.54. The number of carbonyl (C=O) groups is 2. The van der Waals surface area contributed by atoms with Crippen molar-refractivity contribution in [3.63, 3.8) is 0 Å². The van der Waals surface area contributed by atoms with Crippen LogP contribution in [0.3, 0.4) is 0 Å². The maximum absolute atomic E-state index is 10.4. The predicted molar refractivity (Wildman–Crippen MR) is 110 cm³/mol. The van der Waals surface area contributed by atoms with E-state index < -0.39 is 18.2 Å². The summed E-state index contributed by atoms with van der Waals surface area (Å²) in [5, 5.41) is 17.7. The molecule has 6 nitrogen and oxygen atoms in total. The molecule has 0 fully saturated rings. The highest BCUT2D eigenvalue weighted by Crippen LogP contribution is 2.13. The number of amides is 1. The van der Waals surface area contributed by atoms with E-state index in [1.165, 1.54) is 77.0 Å². The molecule has 0 aromatic rings.